The fraction of sp³-hybridized carbons (Fsp3) is 0.429. The zero-order valence-corrected chi connectivity index (χ0v) is 11.2. The third-order valence-electron chi connectivity index (χ3n) is 3.52. The van der Waals surface area contributed by atoms with E-state index in [1.807, 2.05) is 18.2 Å². The van der Waals surface area contributed by atoms with E-state index in [0.29, 0.717) is 19.4 Å². The minimum atomic E-state index is -0.458. The summed E-state index contributed by atoms with van der Waals surface area (Å²) in [5.74, 6) is -0.171. The molecule has 1 aromatic rings. The van der Waals surface area contributed by atoms with Crippen LogP contribution in [0.3, 0.4) is 0 Å². The third-order valence-corrected chi connectivity index (χ3v) is 3.52. The highest BCUT2D eigenvalue weighted by molar-refractivity contribution is 6.00. The highest BCUT2D eigenvalue weighted by Crippen LogP contribution is 2.28. The van der Waals surface area contributed by atoms with E-state index in [4.69, 9.17) is 5.11 Å². The quantitative estimate of drug-likeness (QED) is 0.843. The molecule has 19 heavy (non-hydrogen) atoms. The highest BCUT2D eigenvalue weighted by Gasteiger charge is 2.23. The van der Waals surface area contributed by atoms with Gasteiger partial charge < -0.3 is 14.9 Å². The number of hydrogen-bond acceptors (Lipinski definition) is 3. The van der Waals surface area contributed by atoms with E-state index in [1.165, 1.54) is 4.90 Å². The predicted octanol–water partition coefficient (Wildman–Crippen LogP) is 0.199. The molecule has 1 aromatic carbocycles. The van der Waals surface area contributed by atoms with Gasteiger partial charge in [0.15, 0.2) is 0 Å². The maximum atomic E-state index is 11.6. The van der Waals surface area contributed by atoms with E-state index in [1.54, 1.807) is 19.0 Å². The van der Waals surface area contributed by atoms with Gasteiger partial charge in [-0.15, -0.1) is 0 Å². The number of benzene rings is 1. The topological polar surface area (TPSA) is 60.9 Å². The first-order valence-corrected chi connectivity index (χ1v) is 6.26. The molecule has 0 atom stereocenters. The van der Waals surface area contributed by atoms with Gasteiger partial charge in [0.05, 0.1) is 6.42 Å². The van der Waals surface area contributed by atoms with E-state index in [2.05, 4.69) is 0 Å². The lowest BCUT2D eigenvalue weighted by atomic mass is 10.1. The lowest BCUT2D eigenvalue weighted by molar-refractivity contribution is -0.132. The summed E-state index contributed by atoms with van der Waals surface area (Å²) >= 11 is 0. The Balaban J connectivity index is 2.02. The maximum absolute atomic E-state index is 11.6. The van der Waals surface area contributed by atoms with Crippen molar-refractivity contribution in [1.29, 1.82) is 0 Å². The van der Waals surface area contributed by atoms with Gasteiger partial charge in [-0.1, -0.05) is 12.1 Å². The van der Waals surface area contributed by atoms with Gasteiger partial charge in [-0.25, -0.2) is 0 Å². The minimum absolute atomic E-state index is 0.111. The van der Waals surface area contributed by atoms with Crippen molar-refractivity contribution in [1.82, 2.24) is 4.90 Å². The molecule has 0 saturated heterocycles. The number of nitrogens with zero attached hydrogens (tertiary/aromatic N) is 2. The Kier molecular flexibility index (Phi) is 3.85. The van der Waals surface area contributed by atoms with Crippen molar-refractivity contribution >= 4 is 17.5 Å². The summed E-state index contributed by atoms with van der Waals surface area (Å²) in [7, 11) is 3.45. The second kappa shape index (κ2) is 5.40. The van der Waals surface area contributed by atoms with E-state index in [-0.39, 0.29) is 11.8 Å². The van der Waals surface area contributed by atoms with Gasteiger partial charge in [0.2, 0.25) is 11.8 Å². The summed E-state index contributed by atoms with van der Waals surface area (Å²) in [5.41, 5.74) is 3.11. The smallest absolute Gasteiger partial charge is 0.248 e. The molecule has 5 heteroatoms. The number of likely N-dealkylation sites (N-methyl/N-ethyl adjacent to an activating group) is 2. The molecule has 1 heterocycles. The molecule has 0 fully saturated rings. The number of anilines is 1. The Morgan fingerprint density at radius 2 is 2.21 bits per heavy atom. The van der Waals surface area contributed by atoms with Gasteiger partial charge in [-0.05, 0) is 23.6 Å². The first-order chi connectivity index (χ1) is 9.02. The van der Waals surface area contributed by atoms with Crippen LogP contribution in [0.1, 0.15) is 11.1 Å². The van der Waals surface area contributed by atoms with Crippen molar-refractivity contribution in [2.45, 2.75) is 12.8 Å². The largest absolute Gasteiger partial charge is 0.387 e. The molecular weight excluding hydrogens is 244 g/mol. The summed E-state index contributed by atoms with van der Waals surface area (Å²) in [6.45, 7) is 0.0992. The van der Waals surface area contributed by atoms with Gasteiger partial charge in [-0.2, -0.15) is 0 Å². The van der Waals surface area contributed by atoms with Gasteiger partial charge in [0, 0.05) is 26.3 Å². The van der Waals surface area contributed by atoms with E-state index in [0.717, 1.165) is 16.8 Å². The lowest BCUT2D eigenvalue weighted by Crippen LogP contribution is -2.31. The number of amides is 2. The molecule has 0 spiro atoms. The second-order valence-electron chi connectivity index (χ2n) is 4.82. The van der Waals surface area contributed by atoms with Crippen molar-refractivity contribution in [3.8, 4) is 0 Å². The van der Waals surface area contributed by atoms with Crippen molar-refractivity contribution < 1.29 is 14.7 Å². The number of aliphatic hydroxyl groups excluding tert-OH is 1. The summed E-state index contributed by atoms with van der Waals surface area (Å²) in [6, 6.07) is 5.95. The van der Waals surface area contributed by atoms with E-state index in [9.17, 15) is 9.59 Å². The normalized spacial score (nSPS) is 13.6. The Hall–Kier alpha value is -1.88. The molecule has 1 N–H and O–H groups in total. The molecule has 0 unspecified atom stereocenters. The SMILES string of the molecule is CN(CCc1ccc2c(c1)CC(=O)N2C)C(=O)CO. The molecule has 2 amide bonds. The van der Waals surface area contributed by atoms with Crippen LogP contribution >= 0.6 is 0 Å². The van der Waals surface area contributed by atoms with Crippen LogP contribution in [0.5, 0.6) is 0 Å². The number of hydrogen-bond donors (Lipinski definition) is 1. The van der Waals surface area contributed by atoms with Gasteiger partial charge >= 0.3 is 0 Å². The minimum Gasteiger partial charge on any atom is -0.387 e. The summed E-state index contributed by atoms with van der Waals surface area (Å²) < 4.78 is 0. The Bertz CT molecular complexity index is 513. The van der Waals surface area contributed by atoms with Crippen LogP contribution in [0.2, 0.25) is 0 Å². The molecule has 1 aliphatic rings. The van der Waals surface area contributed by atoms with Crippen LogP contribution in [0.15, 0.2) is 18.2 Å². The highest BCUT2D eigenvalue weighted by atomic mass is 16.3. The molecule has 0 aliphatic carbocycles. The molecule has 5 nitrogen and oxygen atoms in total. The molecule has 0 aromatic heterocycles. The Labute approximate surface area is 112 Å². The molecular formula is C14H18N2O3. The Morgan fingerprint density at radius 1 is 1.47 bits per heavy atom. The molecule has 1 aliphatic heterocycles. The van der Waals surface area contributed by atoms with Crippen LogP contribution in [0.4, 0.5) is 5.69 Å². The fourth-order valence-electron chi connectivity index (χ4n) is 2.22. The zero-order chi connectivity index (χ0) is 14.0. The van der Waals surface area contributed by atoms with Gasteiger partial charge in [0.1, 0.15) is 6.61 Å². The van der Waals surface area contributed by atoms with Crippen molar-refractivity contribution in [3.05, 3.63) is 29.3 Å². The number of carbonyl (C=O) groups excluding carboxylic acids is 2. The fourth-order valence-corrected chi connectivity index (χ4v) is 2.22. The molecule has 2 rings (SSSR count). The second-order valence-corrected chi connectivity index (χ2v) is 4.82. The Morgan fingerprint density at radius 3 is 2.89 bits per heavy atom. The molecule has 0 radical (unpaired) electrons. The third kappa shape index (κ3) is 2.76. The van der Waals surface area contributed by atoms with Crippen LogP contribution in [0.25, 0.3) is 0 Å². The van der Waals surface area contributed by atoms with Crippen LogP contribution < -0.4 is 4.90 Å². The number of rotatable bonds is 4. The first kappa shape index (κ1) is 13.5. The first-order valence-electron chi connectivity index (χ1n) is 6.26. The van der Waals surface area contributed by atoms with Crippen molar-refractivity contribution in [3.63, 3.8) is 0 Å². The monoisotopic (exact) mass is 262 g/mol. The molecule has 0 bridgehead atoms. The number of aliphatic hydroxyl groups is 1. The summed E-state index contributed by atoms with van der Waals surface area (Å²) in [6.07, 6.45) is 1.17. The number of fused-ring (bicyclic) bond motifs is 1. The maximum Gasteiger partial charge on any atom is 0.248 e. The average Bonchev–Trinajstić information content (AvgIpc) is 2.70. The average molecular weight is 262 g/mol. The van der Waals surface area contributed by atoms with Crippen molar-refractivity contribution in [2.24, 2.45) is 0 Å². The van der Waals surface area contributed by atoms with Crippen LogP contribution in [-0.2, 0) is 22.4 Å². The van der Waals surface area contributed by atoms with Crippen LogP contribution in [-0.4, -0.2) is 49.1 Å². The van der Waals surface area contributed by atoms with Gasteiger partial charge in [0.25, 0.3) is 0 Å². The van der Waals surface area contributed by atoms with E-state index >= 15 is 0 Å². The predicted molar refractivity (Wildman–Crippen MR) is 72.0 cm³/mol. The molecule has 0 saturated carbocycles. The van der Waals surface area contributed by atoms with E-state index < -0.39 is 6.61 Å². The summed E-state index contributed by atoms with van der Waals surface area (Å²) in [4.78, 5) is 26.0. The zero-order valence-electron chi connectivity index (χ0n) is 11.2. The van der Waals surface area contributed by atoms with Gasteiger partial charge in [-0.3, -0.25) is 9.59 Å². The van der Waals surface area contributed by atoms with Crippen molar-refractivity contribution in [2.75, 3.05) is 32.1 Å². The number of carbonyl (C=O) groups is 2. The standard InChI is InChI=1S/C14H18N2O3/c1-15(14(19)9-17)6-5-10-3-4-12-11(7-10)8-13(18)16(12)2/h3-4,7,17H,5-6,8-9H2,1-2H3. The molecule has 102 valence electrons. The van der Waals surface area contributed by atoms with Crippen LogP contribution in [0, 0.1) is 0 Å². The summed E-state index contributed by atoms with van der Waals surface area (Å²) in [5, 5.41) is 8.75. The lowest BCUT2D eigenvalue weighted by Gasteiger charge is -2.16.